The second-order valence-electron chi connectivity index (χ2n) is 7.11. The van der Waals surface area contributed by atoms with Crippen LogP contribution < -0.4 is 5.32 Å². The molecule has 0 aromatic heterocycles. The zero-order chi connectivity index (χ0) is 17.7. The molecule has 24 heavy (non-hydrogen) atoms. The first-order chi connectivity index (χ1) is 11.2. The summed E-state index contributed by atoms with van der Waals surface area (Å²) in [5.41, 5.74) is 0.159. The summed E-state index contributed by atoms with van der Waals surface area (Å²) in [6.07, 6.45) is 1.11. The first kappa shape index (κ1) is 18.2. The Balaban J connectivity index is 1.87. The quantitative estimate of drug-likeness (QED) is 0.923. The number of carbonyl (C=O) groups is 2. The van der Waals surface area contributed by atoms with Gasteiger partial charge in [-0.05, 0) is 51.3 Å². The molecule has 2 amide bonds. The van der Waals surface area contributed by atoms with Gasteiger partial charge in [0.2, 0.25) is 5.91 Å². The van der Waals surface area contributed by atoms with Gasteiger partial charge in [0, 0.05) is 19.6 Å². The van der Waals surface area contributed by atoms with Crippen molar-refractivity contribution >= 4 is 12.0 Å². The van der Waals surface area contributed by atoms with Crippen LogP contribution in [0.25, 0.3) is 0 Å². The fourth-order valence-electron chi connectivity index (χ4n) is 2.66. The molecule has 0 unspecified atom stereocenters. The molecule has 1 atom stereocenters. The Kier molecular flexibility index (Phi) is 5.80. The lowest BCUT2D eigenvalue weighted by molar-refractivity contribution is -0.126. The topological polar surface area (TPSA) is 58.6 Å². The summed E-state index contributed by atoms with van der Waals surface area (Å²) in [5, 5.41) is 2.82. The van der Waals surface area contributed by atoms with Crippen molar-refractivity contribution in [1.29, 1.82) is 0 Å². The molecule has 1 fully saturated rings. The largest absolute Gasteiger partial charge is 0.444 e. The highest BCUT2D eigenvalue weighted by Crippen LogP contribution is 2.19. The predicted molar refractivity (Wildman–Crippen MR) is 88.8 cm³/mol. The Morgan fingerprint density at radius 2 is 2.12 bits per heavy atom. The Hall–Kier alpha value is -2.11. The summed E-state index contributed by atoms with van der Waals surface area (Å²) >= 11 is 0. The number of likely N-dealkylation sites (tertiary alicyclic amines) is 1. The number of ether oxygens (including phenoxy) is 1. The Labute approximate surface area is 142 Å². The van der Waals surface area contributed by atoms with Gasteiger partial charge in [-0.2, -0.15) is 0 Å². The molecule has 1 heterocycles. The molecule has 0 saturated carbocycles. The van der Waals surface area contributed by atoms with Crippen molar-refractivity contribution in [3.05, 3.63) is 35.6 Å². The molecule has 1 aromatic carbocycles. The van der Waals surface area contributed by atoms with Crippen LogP contribution in [0.4, 0.5) is 9.18 Å². The normalized spacial score (nSPS) is 18.2. The number of nitrogens with one attached hydrogen (secondary N) is 1. The molecule has 2 rings (SSSR count). The standard InChI is InChI=1S/C18H25FN2O3/c1-18(2,3)24-17(23)21-9-5-7-14(12-21)16(22)20-11-13-6-4-8-15(19)10-13/h4,6,8,10,14H,5,7,9,11-12H2,1-3H3,(H,20,22)/t14-/m1/s1. The summed E-state index contributed by atoms with van der Waals surface area (Å²) in [7, 11) is 0. The summed E-state index contributed by atoms with van der Waals surface area (Å²) in [6, 6.07) is 6.14. The third-order valence-corrected chi connectivity index (χ3v) is 3.80. The molecule has 0 spiro atoms. The number of benzene rings is 1. The molecule has 1 aliphatic heterocycles. The first-order valence-corrected chi connectivity index (χ1v) is 8.25. The van der Waals surface area contributed by atoms with Crippen molar-refractivity contribution in [3.8, 4) is 0 Å². The van der Waals surface area contributed by atoms with Crippen LogP contribution in [0.3, 0.4) is 0 Å². The van der Waals surface area contributed by atoms with E-state index in [0.717, 1.165) is 12.8 Å². The summed E-state index contributed by atoms with van der Waals surface area (Å²) < 4.78 is 18.5. The lowest BCUT2D eigenvalue weighted by atomic mass is 9.97. The SMILES string of the molecule is CC(C)(C)OC(=O)N1CCC[C@@H](C(=O)NCc2cccc(F)c2)C1. The minimum Gasteiger partial charge on any atom is -0.444 e. The third-order valence-electron chi connectivity index (χ3n) is 3.80. The lowest BCUT2D eigenvalue weighted by Crippen LogP contribution is -2.46. The molecular weight excluding hydrogens is 311 g/mol. The monoisotopic (exact) mass is 336 g/mol. The van der Waals surface area contributed by atoms with Crippen molar-refractivity contribution < 1.29 is 18.7 Å². The number of carbonyl (C=O) groups excluding carboxylic acids is 2. The number of halogens is 1. The maximum absolute atomic E-state index is 13.2. The van der Waals surface area contributed by atoms with E-state index in [9.17, 15) is 14.0 Å². The van der Waals surface area contributed by atoms with E-state index in [1.54, 1.807) is 17.0 Å². The molecule has 132 valence electrons. The number of amides is 2. The van der Waals surface area contributed by atoms with Crippen LogP contribution >= 0.6 is 0 Å². The van der Waals surface area contributed by atoms with Gasteiger partial charge in [-0.3, -0.25) is 4.79 Å². The zero-order valence-electron chi connectivity index (χ0n) is 14.5. The first-order valence-electron chi connectivity index (χ1n) is 8.25. The van der Waals surface area contributed by atoms with E-state index < -0.39 is 5.60 Å². The highest BCUT2D eigenvalue weighted by Gasteiger charge is 2.30. The van der Waals surface area contributed by atoms with Gasteiger partial charge >= 0.3 is 6.09 Å². The fraction of sp³-hybridized carbons (Fsp3) is 0.556. The summed E-state index contributed by atoms with van der Waals surface area (Å²) in [4.78, 5) is 26.0. The fourth-order valence-corrected chi connectivity index (χ4v) is 2.66. The van der Waals surface area contributed by atoms with E-state index in [1.165, 1.54) is 12.1 Å². The number of hydrogen-bond acceptors (Lipinski definition) is 3. The maximum atomic E-state index is 13.2. The van der Waals surface area contributed by atoms with Crippen molar-refractivity contribution in [2.75, 3.05) is 13.1 Å². The summed E-state index contributed by atoms with van der Waals surface area (Å²) in [6.45, 7) is 6.68. The van der Waals surface area contributed by atoms with Crippen LogP contribution in [0.15, 0.2) is 24.3 Å². The van der Waals surface area contributed by atoms with Gasteiger partial charge in [-0.25, -0.2) is 9.18 Å². The predicted octanol–water partition coefficient (Wildman–Crippen LogP) is 3.09. The van der Waals surface area contributed by atoms with E-state index in [-0.39, 0.29) is 30.3 Å². The lowest BCUT2D eigenvalue weighted by Gasteiger charge is -2.33. The average Bonchev–Trinajstić information content (AvgIpc) is 2.51. The smallest absolute Gasteiger partial charge is 0.410 e. The Bertz CT molecular complexity index is 598. The van der Waals surface area contributed by atoms with E-state index >= 15 is 0 Å². The van der Waals surface area contributed by atoms with Gasteiger partial charge in [-0.1, -0.05) is 12.1 Å². The van der Waals surface area contributed by atoms with Crippen LogP contribution in [0.5, 0.6) is 0 Å². The van der Waals surface area contributed by atoms with Crippen molar-refractivity contribution in [3.63, 3.8) is 0 Å². The highest BCUT2D eigenvalue weighted by atomic mass is 19.1. The van der Waals surface area contributed by atoms with Crippen molar-refractivity contribution in [2.45, 2.75) is 45.8 Å². The van der Waals surface area contributed by atoms with Gasteiger partial charge < -0.3 is 15.0 Å². The van der Waals surface area contributed by atoms with E-state index in [0.29, 0.717) is 18.7 Å². The van der Waals surface area contributed by atoms with Gasteiger partial charge in [0.15, 0.2) is 0 Å². The van der Waals surface area contributed by atoms with Gasteiger partial charge in [0.1, 0.15) is 11.4 Å². The van der Waals surface area contributed by atoms with Crippen LogP contribution in [0.2, 0.25) is 0 Å². The van der Waals surface area contributed by atoms with E-state index in [4.69, 9.17) is 4.74 Å². The Morgan fingerprint density at radius 1 is 1.38 bits per heavy atom. The molecule has 1 aromatic rings. The van der Waals surface area contributed by atoms with E-state index in [2.05, 4.69) is 5.32 Å². The second-order valence-corrected chi connectivity index (χ2v) is 7.11. The van der Waals surface area contributed by atoms with Crippen LogP contribution in [-0.2, 0) is 16.1 Å². The van der Waals surface area contributed by atoms with Crippen LogP contribution in [0.1, 0.15) is 39.2 Å². The minimum atomic E-state index is -0.552. The second kappa shape index (κ2) is 7.64. The number of rotatable bonds is 3. The van der Waals surface area contributed by atoms with Crippen molar-refractivity contribution in [1.82, 2.24) is 10.2 Å². The average molecular weight is 336 g/mol. The summed E-state index contributed by atoms with van der Waals surface area (Å²) in [5.74, 6) is -0.706. The molecule has 0 bridgehead atoms. The maximum Gasteiger partial charge on any atom is 0.410 e. The highest BCUT2D eigenvalue weighted by molar-refractivity contribution is 5.80. The zero-order valence-corrected chi connectivity index (χ0v) is 14.5. The number of piperidine rings is 1. The van der Waals surface area contributed by atoms with Gasteiger partial charge in [-0.15, -0.1) is 0 Å². The molecule has 1 aliphatic rings. The van der Waals surface area contributed by atoms with Crippen molar-refractivity contribution in [2.24, 2.45) is 5.92 Å². The molecule has 6 heteroatoms. The van der Waals surface area contributed by atoms with Gasteiger partial charge in [0.25, 0.3) is 0 Å². The molecule has 0 aliphatic carbocycles. The molecular formula is C18H25FN2O3. The third kappa shape index (κ3) is 5.51. The van der Waals surface area contributed by atoms with Gasteiger partial charge in [0.05, 0.1) is 5.92 Å². The van der Waals surface area contributed by atoms with E-state index in [1.807, 2.05) is 20.8 Å². The van der Waals surface area contributed by atoms with Crippen LogP contribution in [-0.4, -0.2) is 35.6 Å². The minimum absolute atomic E-state index is 0.118. The number of nitrogens with zero attached hydrogens (tertiary/aromatic N) is 1. The Morgan fingerprint density at radius 3 is 2.79 bits per heavy atom. The van der Waals surface area contributed by atoms with Crippen LogP contribution in [0, 0.1) is 11.7 Å². The number of hydrogen-bond donors (Lipinski definition) is 1. The molecule has 1 saturated heterocycles. The molecule has 5 nitrogen and oxygen atoms in total. The molecule has 0 radical (unpaired) electrons. The molecule has 1 N–H and O–H groups in total.